The molecule has 2 aromatic rings. The van der Waals surface area contributed by atoms with E-state index in [1.807, 2.05) is 0 Å². The van der Waals surface area contributed by atoms with Crippen molar-refractivity contribution >= 4 is 29.2 Å². The molecule has 88 valence electrons. The summed E-state index contributed by atoms with van der Waals surface area (Å²) in [7, 11) is 1.29. The molecule has 0 aliphatic heterocycles. The van der Waals surface area contributed by atoms with Crippen molar-refractivity contribution < 1.29 is 13.9 Å². The maximum atomic E-state index is 11.5. The Morgan fingerprint density at radius 2 is 2.06 bits per heavy atom. The molecule has 17 heavy (non-hydrogen) atoms. The minimum absolute atomic E-state index is 0.222. The van der Waals surface area contributed by atoms with Gasteiger partial charge in [0.15, 0.2) is 0 Å². The number of furan rings is 1. The van der Waals surface area contributed by atoms with Gasteiger partial charge >= 0.3 is 5.97 Å². The van der Waals surface area contributed by atoms with Crippen LogP contribution in [0.15, 0.2) is 34.9 Å². The van der Waals surface area contributed by atoms with E-state index in [4.69, 9.17) is 27.6 Å². The first kappa shape index (κ1) is 12.0. The number of hydrogen-bond acceptors (Lipinski definition) is 3. The standard InChI is InChI=1S/C12H8Cl2O3/c1-16-12(15)7-4-5-8(13)10(11(7)14)9-3-2-6-17-9/h2-6H,1H3. The van der Waals surface area contributed by atoms with E-state index in [1.165, 1.54) is 19.4 Å². The Bertz CT molecular complexity index is 547. The molecule has 0 amide bonds. The van der Waals surface area contributed by atoms with Gasteiger partial charge in [-0.15, -0.1) is 0 Å². The molecular weight excluding hydrogens is 263 g/mol. The van der Waals surface area contributed by atoms with Crippen molar-refractivity contribution in [3.05, 3.63) is 46.1 Å². The van der Waals surface area contributed by atoms with Gasteiger partial charge < -0.3 is 9.15 Å². The summed E-state index contributed by atoms with van der Waals surface area (Å²) < 4.78 is 9.86. The van der Waals surface area contributed by atoms with Crippen LogP contribution in [0.25, 0.3) is 11.3 Å². The maximum absolute atomic E-state index is 11.5. The van der Waals surface area contributed by atoms with E-state index in [2.05, 4.69) is 4.74 Å². The number of rotatable bonds is 2. The number of halogens is 2. The minimum Gasteiger partial charge on any atom is -0.465 e. The zero-order valence-electron chi connectivity index (χ0n) is 8.87. The van der Waals surface area contributed by atoms with Gasteiger partial charge in [0.1, 0.15) is 5.76 Å². The van der Waals surface area contributed by atoms with Gasteiger partial charge in [0.2, 0.25) is 0 Å². The lowest BCUT2D eigenvalue weighted by atomic mass is 10.1. The van der Waals surface area contributed by atoms with E-state index >= 15 is 0 Å². The highest BCUT2D eigenvalue weighted by atomic mass is 35.5. The average Bonchev–Trinajstić information content (AvgIpc) is 2.82. The maximum Gasteiger partial charge on any atom is 0.339 e. The van der Waals surface area contributed by atoms with Crippen molar-refractivity contribution in [1.29, 1.82) is 0 Å². The van der Waals surface area contributed by atoms with Crippen molar-refractivity contribution in [2.75, 3.05) is 7.11 Å². The summed E-state index contributed by atoms with van der Waals surface area (Å²) in [5.74, 6) is -0.00905. The summed E-state index contributed by atoms with van der Waals surface area (Å²) in [6.07, 6.45) is 1.51. The Balaban J connectivity index is 2.63. The Morgan fingerprint density at radius 3 is 2.65 bits per heavy atom. The van der Waals surface area contributed by atoms with E-state index in [1.54, 1.807) is 18.2 Å². The quantitative estimate of drug-likeness (QED) is 0.774. The Hall–Kier alpha value is -1.45. The fraction of sp³-hybridized carbons (Fsp3) is 0.0833. The molecule has 0 spiro atoms. The molecule has 0 fully saturated rings. The molecule has 1 aromatic carbocycles. The number of carbonyl (C=O) groups is 1. The molecule has 0 saturated heterocycles. The topological polar surface area (TPSA) is 39.4 Å². The van der Waals surface area contributed by atoms with E-state index < -0.39 is 5.97 Å². The highest BCUT2D eigenvalue weighted by Crippen LogP contribution is 2.37. The van der Waals surface area contributed by atoms with E-state index in [-0.39, 0.29) is 10.6 Å². The molecule has 0 aliphatic rings. The predicted octanol–water partition coefficient (Wildman–Crippen LogP) is 4.04. The van der Waals surface area contributed by atoms with Crippen molar-refractivity contribution in [3.63, 3.8) is 0 Å². The number of methoxy groups -OCH3 is 1. The first-order chi connectivity index (χ1) is 8.15. The van der Waals surface area contributed by atoms with Gasteiger partial charge in [-0.25, -0.2) is 4.79 Å². The van der Waals surface area contributed by atoms with E-state index in [0.717, 1.165) is 0 Å². The molecule has 0 radical (unpaired) electrons. The van der Waals surface area contributed by atoms with Crippen molar-refractivity contribution in [2.24, 2.45) is 0 Å². The molecule has 3 nitrogen and oxygen atoms in total. The first-order valence-corrected chi connectivity index (χ1v) is 5.51. The molecule has 5 heteroatoms. The van der Waals surface area contributed by atoms with Gasteiger partial charge in [-0.3, -0.25) is 0 Å². The lowest BCUT2D eigenvalue weighted by Crippen LogP contribution is -2.02. The second-order valence-electron chi connectivity index (χ2n) is 3.25. The van der Waals surface area contributed by atoms with E-state index in [9.17, 15) is 4.79 Å². The van der Waals surface area contributed by atoms with Crippen LogP contribution < -0.4 is 0 Å². The van der Waals surface area contributed by atoms with Crippen LogP contribution in [0.5, 0.6) is 0 Å². The summed E-state index contributed by atoms with van der Waals surface area (Å²) in [5, 5.41) is 0.636. The van der Waals surface area contributed by atoms with E-state index in [0.29, 0.717) is 16.3 Å². The van der Waals surface area contributed by atoms with Gasteiger partial charge in [-0.1, -0.05) is 23.2 Å². The zero-order chi connectivity index (χ0) is 12.4. The summed E-state index contributed by atoms with van der Waals surface area (Å²) in [6, 6.07) is 6.53. The fourth-order valence-corrected chi connectivity index (χ4v) is 2.10. The number of carbonyl (C=O) groups excluding carboxylic acids is 1. The monoisotopic (exact) mass is 270 g/mol. The zero-order valence-corrected chi connectivity index (χ0v) is 10.4. The smallest absolute Gasteiger partial charge is 0.339 e. The van der Waals surface area contributed by atoms with Gasteiger partial charge in [-0.05, 0) is 24.3 Å². The third-order valence-corrected chi connectivity index (χ3v) is 2.97. The summed E-state index contributed by atoms with van der Waals surface area (Å²) in [4.78, 5) is 11.5. The normalized spacial score (nSPS) is 10.3. The molecular formula is C12H8Cl2O3. The number of hydrogen-bond donors (Lipinski definition) is 0. The van der Waals surface area contributed by atoms with Crippen LogP contribution in [0.2, 0.25) is 10.0 Å². The van der Waals surface area contributed by atoms with Crippen LogP contribution in [-0.2, 0) is 4.74 Å². The SMILES string of the molecule is COC(=O)c1ccc(Cl)c(-c2ccco2)c1Cl. The summed E-state index contributed by atoms with van der Waals surface area (Å²) >= 11 is 12.2. The molecule has 0 bridgehead atoms. The second-order valence-corrected chi connectivity index (χ2v) is 4.04. The lowest BCUT2D eigenvalue weighted by molar-refractivity contribution is 0.0601. The van der Waals surface area contributed by atoms with Crippen LogP contribution in [0.4, 0.5) is 0 Å². The van der Waals surface area contributed by atoms with Crippen LogP contribution in [-0.4, -0.2) is 13.1 Å². The van der Waals surface area contributed by atoms with Gasteiger partial charge in [0.25, 0.3) is 0 Å². The highest BCUT2D eigenvalue weighted by molar-refractivity contribution is 6.40. The lowest BCUT2D eigenvalue weighted by Gasteiger charge is -2.08. The van der Waals surface area contributed by atoms with Crippen LogP contribution in [0, 0.1) is 0 Å². The molecule has 2 rings (SSSR count). The number of esters is 1. The fourth-order valence-electron chi connectivity index (χ4n) is 1.47. The second kappa shape index (κ2) is 4.82. The Kier molecular flexibility index (Phi) is 3.41. The predicted molar refractivity (Wildman–Crippen MR) is 65.5 cm³/mol. The van der Waals surface area contributed by atoms with Crippen LogP contribution >= 0.6 is 23.2 Å². The van der Waals surface area contributed by atoms with Crippen molar-refractivity contribution in [3.8, 4) is 11.3 Å². The first-order valence-electron chi connectivity index (χ1n) is 4.75. The Labute approximate surface area is 108 Å². The summed E-state index contributed by atoms with van der Waals surface area (Å²) in [5.41, 5.74) is 0.742. The minimum atomic E-state index is -0.514. The highest BCUT2D eigenvalue weighted by Gasteiger charge is 2.19. The average molecular weight is 271 g/mol. The summed E-state index contributed by atoms with van der Waals surface area (Å²) in [6.45, 7) is 0. The van der Waals surface area contributed by atoms with Crippen LogP contribution in [0.1, 0.15) is 10.4 Å². The Morgan fingerprint density at radius 1 is 1.29 bits per heavy atom. The molecule has 0 N–H and O–H groups in total. The third kappa shape index (κ3) is 2.16. The van der Waals surface area contributed by atoms with Crippen molar-refractivity contribution in [2.45, 2.75) is 0 Å². The van der Waals surface area contributed by atoms with Gasteiger partial charge in [0.05, 0.1) is 34.5 Å². The molecule has 1 heterocycles. The van der Waals surface area contributed by atoms with Crippen LogP contribution in [0.3, 0.4) is 0 Å². The number of benzene rings is 1. The third-order valence-electron chi connectivity index (χ3n) is 2.26. The largest absolute Gasteiger partial charge is 0.465 e. The number of ether oxygens (including phenoxy) is 1. The molecule has 0 atom stereocenters. The van der Waals surface area contributed by atoms with Crippen molar-refractivity contribution in [1.82, 2.24) is 0 Å². The molecule has 0 aliphatic carbocycles. The molecule has 0 saturated carbocycles. The molecule has 1 aromatic heterocycles. The van der Waals surface area contributed by atoms with Gasteiger partial charge in [-0.2, -0.15) is 0 Å². The van der Waals surface area contributed by atoms with Gasteiger partial charge in [0, 0.05) is 0 Å². The molecule has 0 unspecified atom stereocenters.